The van der Waals surface area contributed by atoms with Crippen molar-refractivity contribution in [3.05, 3.63) is 35.4 Å². The molecule has 0 unspecified atom stereocenters. The average molecular weight is 173 g/mol. The van der Waals surface area contributed by atoms with Gasteiger partial charge in [0.2, 0.25) is 0 Å². The van der Waals surface area contributed by atoms with Gasteiger partial charge in [-0.1, -0.05) is 40.8 Å². The number of aryl methyl sites for hydroxylation is 1. The van der Waals surface area contributed by atoms with Crippen molar-refractivity contribution >= 4 is 21.7 Å². The van der Waals surface area contributed by atoms with E-state index in [1.165, 1.54) is 22.1 Å². The van der Waals surface area contributed by atoms with Crippen LogP contribution in [0.2, 0.25) is 0 Å². The minimum absolute atomic E-state index is 0.892. The normalized spacial score (nSPS) is 9.80. The summed E-state index contributed by atoms with van der Waals surface area (Å²) in [6, 6.07) is 8.37. The Hall–Kier alpha value is -0.140. The Balaban J connectivity index is 2.75. The van der Waals surface area contributed by atoms with E-state index < -0.39 is 0 Å². The molecule has 0 saturated heterocycles. The van der Waals surface area contributed by atoms with Crippen molar-refractivity contribution in [2.75, 3.05) is 0 Å². The van der Waals surface area contributed by atoms with Gasteiger partial charge in [0.15, 0.2) is 0 Å². The highest BCUT2D eigenvalue weighted by Gasteiger charge is 1.90. The highest BCUT2D eigenvalue weighted by Crippen LogP contribution is 2.15. The molecule has 2 heteroatoms. The van der Waals surface area contributed by atoms with E-state index >= 15 is 0 Å². The molecule has 1 aromatic carbocycles. The minimum atomic E-state index is 0.892. The van der Waals surface area contributed by atoms with Crippen LogP contribution >= 0.6 is 21.7 Å². The van der Waals surface area contributed by atoms with Crippen LogP contribution in [-0.4, -0.2) is 0 Å². The Morgan fingerprint density at radius 3 is 2.90 bits per heavy atom. The van der Waals surface area contributed by atoms with E-state index in [1.807, 2.05) is 0 Å². The van der Waals surface area contributed by atoms with Gasteiger partial charge in [0.25, 0.3) is 0 Å². The summed E-state index contributed by atoms with van der Waals surface area (Å²) in [5.41, 5.74) is 2.59. The SMILES string of the molecule is Cc1cccc(CSCl)c1. The van der Waals surface area contributed by atoms with Crippen LogP contribution in [0.1, 0.15) is 11.1 Å². The predicted octanol–water partition coefficient (Wildman–Crippen LogP) is 3.38. The summed E-state index contributed by atoms with van der Waals surface area (Å²) < 4.78 is 0. The first-order valence-corrected chi connectivity index (χ1v) is 4.93. The molecule has 0 amide bonds. The predicted molar refractivity (Wildman–Crippen MR) is 48.3 cm³/mol. The molecule has 0 nitrogen and oxygen atoms in total. The van der Waals surface area contributed by atoms with Crippen LogP contribution in [0.15, 0.2) is 24.3 Å². The molecule has 0 spiro atoms. The van der Waals surface area contributed by atoms with Gasteiger partial charge in [-0.3, -0.25) is 0 Å². The summed E-state index contributed by atoms with van der Waals surface area (Å²) in [7, 11) is 6.84. The Kier molecular flexibility index (Phi) is 3.10. The van der Waals surface area contributed by atoms with Crippen molar-refractivity contribution in [3.63, 3.8) is 0 Å². The van der Waals surface area contributed by atoms with E-state index in [2.05, 4.69) is 31.2 Å². The topological polar surface area (TPSA) is 0 Å². The molecule has 0 saturated carbocycles. The van der Waals surface area contributed by atoms with Crippen molar-refractivity contribution in [2.24, 2.45) is 0 Å². The van der Waals surface area contributed by atoms with E-state index in [4.69, 9.17) is 10.7 Å². The van der Waals surface area contributed by atoms with Gasteiger partial charge in [0.1, 0.15) is 0 Å². The molecule has 0 heterocycles. The summed E-state index contributed by atoms with van der Waals surface area (Å²) in [4.78, 5) is 0. The summed E-state index contributed by atoms with van der Waals surface area (Å²) >= 11 is 0. The third-order valence-corrected chi connectivity index (χ3v) is 2.07. The number of hydrogen-bond donors (Lipinski definition) is 0. The Labute approximate surface area is 70.1 Å². The first-order valence-electron chi connectivity index (χ1n) is 3.12. The van der Waals surface area contributed by atoms with E-state index in [1.54, 1.807) is 0 Å². The maximum absolute atomic E-state index is 5.51. The zero-order valence-electron chi connectivity index (χ0n) is 5.80. The Morgan fingerprint density at radius 2 is 2.30 bits per heavy atom. The van der Waals surface area contributed by atoms with Crippen LogP contribution < -0.4 is 0 Å². The van der Waals surface area contributed by atoms with E-state index in [-0.39, 0.29) is 0 Å². The fraction of sp³-hybridized carbons (Fsp3) is 0.250. The third-order valence-electron chi connectivity index (χ3n) is 1.30. The summed E-state index contributed by atoms with van der Waals surface area (Å²) in [5.74, 6) is 0.892. The van der Waals surface area contributed by atoms with Crippen molar-refractivity contribution in [1.82, 2.24) is 0 Å². The van der Waals surface area contributed by atoms with E-state index in [0.717, 1.165) is 5.75 Å². The van der Waals surface area contributed by atoms with Gasteiger partial charge in [-0.15, -0.1) is 0 Å². The molecule has 0 atom stereocenters. The monoisotopic (exact) mass is 172 g/mol. The van der Waals surface area contributed by atoms with E-state index in [9.17, 15) is 0 Å². The third kappa shape index (κ3) is 2.24. The fourth-order valence-corrected chi connectivity index (χ4v) is 1.55. The van der Waals surface area contributed by atoms with Crippen LogP contribution in [0.4, 0.5) is 0 Å². The highest BCUT2D eigenvalue weighted by atomic mass is 35.7. The van der Waals surface area contributed by atoms with Gasteiger partial charge < -0.3 is 0 Å². The van der Waals surface area contributed by atoms with Crippen LogP contribution in [0.5, 0.6) is 0 Å². The lowest BCUT2D eigenvalue weighted by Crippen LogP contribution is -1.78. The van der Waals surface area contributed by atoms with Crippen LogP contribution in [-0.2, 0) is 5.75 Å². The van der Waals surface area contributed by atoms with Crippen molar-refractivity contribution in [2.45, 2.75) is 12.7 Å². The van der Waals surface area contributed by atoms with Crippen LogP contribution in [0.25, 0.3) is 0 Å². The molecule has 1 rings (SSSR count). The first kappa shape index (κ1) is 7.96. The second-order valence-corrected chi connectivity index (χ2v) is 3.40. The van der Waals surface area contributed by atoms with Crippen molar-refractivity contribution < 1.29 is 0 Å². The van der Waals surface area contributed by atoms with Crippen LogP contribution in [0.3, 0.4) is 0 Å². The molecule has 0 aromatic heterocycles. The Morgan fingerprint density at radius 1 is 1.50 bits per heavy atom. The zero-order valence-corrected chi connectivity index (χ0v) is 7.38. The zero-order chi connectivity index (χ0) is 7.40. The molecule has 0 aliphatic heterocycles. The van der Waals surface area contributed by atoms with Gasteiger partial charge in [-0.05, 0) is 23.2 Å². The van der Waals surface area contributed by atoms with Gasteiger partial charge >= 0.3 is 0 Å². The maximum Gasteiger partial charge on any atom is 0.0337 e. The lowest BCUT2D eigenvalue weighted by molar-refractivity contribution is 1.36. The fourth-order valence-electron chi connectivity index (χ4n) is 0.865. The molecule has 10 heavy (non-hydrogen) atoms. The molecular formula is C8H9ClS. The van der Waals surface area contributed by atoms with E-state index in [0.29, 0.717) is 0 Å². The molecule has 54 valence electrons. The Bertz CT molecular complexity index is 210. The number of halogens is 1. The summed E-state index contributed by atoms with van der Waals surface area (Å²) in [5, 5.41) is 0. The number of rotatable bonds is 2. The van der Waals surface area contributed by atoms with Crippen molar-refractivity contribution in [1.29, 1.82) is 0 Å². The second-order valence-electron chi connectivity index (χ2n) is 2.24. The lowest BCUT2D eigenvalue weighted by atomic mass is 10.2. The average Bonchev–Trinajstić information content (AvgIpc) is 1.88. The number of hydrogen-bond acceptors (Lipinski definition) is 1. The smallest absolute Gasteiger partial charge is 0.0337 e. The second kappa shape index (κ2) is 3.89. The standard InChI is InChI=1S/C8H9ClS/c1-7-3-2-4-8(5-7)6-10-9/h2-5H,6H2,1H3. The maximum atomic E-state index is 5.51. The molecule has 0 aliphatic carbocycles. The molecule has 0 radical (unpaired) electrons. The molecular weight excluding hydrogens is 164 g/mol. The largest absolute Gasteiger partial charge is 0.0617 e. The molecule has 1 aromatic rings. The van der Waals surface area contributed by atoms with Gasteiger partial charge in [-0.25, -0.2) is 0 Å². The summed E-state index contributed by atoms with van der Waals surface area (Å²) in [6.07, 6.45) is 0. The molecule has 0 N–H and O–H groups in total. The van der Waals surface area contributed by atoms with Gasteiger partial charge in [0, 0.05) is 5.75 Å². The van der Waals surface area contributed by atoms with Crippen molar-refractivity contribution in [3.8, 4) is 0 Å². The lowest BCUT2D eigenvalue weighted by Gasteiger charge is -1.96. The van der Waals surface area contributed by atoms with Gasteiger partial charge in [-0.2, -0.15) is 0 Å². The highest BCUT2D eigenvalue weighted by molar-refractivity contribution is 8.20. The first-order chi connectivity index (χ1) is 4.83. The summed E-state index contributed by atoms with van der Waals surface area (Å²) in [6.45, 7) is 2.09. The minimum Gasteiger partial charge on any atom is -0.0617 e. The number of benzene rings is 1. The van der Waals surface area contributed by atoms with Gasteiger partial charge in [0.05, 0.1) is 0 Å². The van der Waals surface area contributed by atoms with Crippen LogP contribution in [0, 0.1) is 6.92 Å². The molecule has 0 aliphatic rings. The quantitative estimate of drug-likeness (QED) is 0.659. The molecule has 0 fully saturated rings. The molecule has 0 bridgehead atoms.